The first kappa shape index (κ1) is 15.5. The summed E-state index contributed by atoms with van der Waals surface area (Å²) in [5.41, 5.74) is 1.20. The van der Waals surface area contributed by atoms with Crippen molar-refractivity contribution in [2.24, 2.45) is 0 Å². The summed E-state index contributed by atoms with van der Waals surface area (Å²) in [6.07, 6.45) is 1.60. The molecule has 0 amide bonds. The number of piperazine rings is 1. The molecule has 112 valence electrons. The van der Waals surface area contributed by atoms with E-state index < -0.39 is 10.0 Å². The highest BCUT2D eigenvalue weighted by molar-refractivity contribution is 7.92. The summed E-state index contributed by atoms with van der Waals surface area (Å²) in [5.74, 6) is 0.0528. The first-order valence-corrected chi connectivity index (χ1v) is 8.55. The number of aryl methyl sites for hydroxylation is 1. The maximum atomic E-state index is 12.1. The predicted octanol–water partition coefficient (Wildman–Crippen LogP) is 0.690. The van der Waals surface area contributed by atoms with Crippen molar-refractivity contribution in [3.8, 4) is 0 Å². The molecule has 0 aromatic carbocycles. The molecule has 0 unspecified atom stereocenters. The third-order valence-corrected chi connectivity index (χ3v) is 4.68. The second-order valence-electron chi connectivity index (χ2n) is 4.86. The van der Waals surface area contributed by atoms with Gasteiger partial charge in [-0.3, -0.25) is 9.62 Å². The van der Waals surface area contributed by atoms with E-state index in [0.29, 0.717) is 12.2 Å². The summed E-state index contributed by atoms with van der Waals surface area (Å²) in [4.78, 5) is 6.06. The molecule has 1 saturated heterocycles. The Hall–Kier alpha value is -0.890. The van der Waals surface area contributed by atoms with E-state index in [0.717, 1.165) is 31.7 Å². The number of rotatable bonds is 5. The molecular weight excluding hydrogens is 300 g/mol. The van der Waals surface area contributed by atoms with Crippen molar-refractivity contribution in [1.82, 2.24) is 15.2 Å². The van der Waals surface area contributed by atoms with E-state index in [1.165, 1.54) is 0 Å². The van der Waals surface area contributed by atoms with E-state index in [-0.39, 0.29) is 10.9 Å². The lowest BCUT2D eigenvalue weighted by atomic mass is 10.3. The van der Waals surface area contributed by atoms with E-state index in [2.05, 4.69) is 19.9 Å². The van der Waals surface area contributed by atoms with Gasteiger partial charge in [0.25, 0.3) is 0 Å². The van der Waals surface area contributed by atoms with Crippen LogP contribution in [0.5, 0.6) is 0 Å². The van der Waals surface area contributed by atoms with Gasteiger partial charge in [-0.15, -0.1) is 0 Å². The monoisotopic (exact) mass is 318 g/mol. The van der Waals surface area contributed by atoms with Crippen LogP contribution >= 0.6 is 11.6 Å². The highest BCUT2D eigenvalue weighted by atomic mass is 35.5. The molecular formula is C12H19ClN4O2S. The fraction of sp³-hybridized carbons (Fsp3) is 0.583. The minimum Gasteiger partial charge on any atom is -0.314 e. The van der Waals surface area contributed by atoms with Crippen LogP contribution in [0.4, 0.5) is 5.69 Å². The van der Waals surface area contributed by atoms with Crippen molar-refractivity contribution in [3.05, 3.63) is 23.0 Å². The fourth-order valence-electron chi connectivity index (χ4n) is 2.03. The summed E-state index contributed by atoms with van der Waals surface area (Å²) in [7, 11) is -3.41. The molecule has 0 atom stereocenters. The number of pyridine rings is 1. The zero-order valence-electron chi connectivity index (χ0n) is 11.4. The second kappa shape index (κ2) is 6.71. The van der Waals surface area contributed by atoms with Crippen LogP contribution < -0.4 is 10.0 Å². The highest BCUT2D eigenvalue weighted by Gasteiger charge is 2.17. The zero-order chi connectivity index (χ0) is 14.6. The third-order valence-electron chi connectivity index (χ3n) is 3.13. The molecule has 2 rings (SSSR count). The van der Waals surface area contributed by atoms with Crippen LogP contribution in [0.1, 0.15) is 5.56 Å². The predicted molar refractivity (Wildman–Crippen MR) is 80.7 cm³/mol. The molecule has 1 fully saturated rings. The van der Waals surface area contributed by atoms with Crippen molar-refractivity contribution in [2.45, 2.75) is 6.92 Å². The molecule has 2 heterocycles. The maximum Gasteiger partial charge on any atom is 0.234 e. The van der Waals surface area contributed by atoms with Crippen molar-refractivity contribution in [3.63, 3.8) is 0 Å². The number of halogens is 1. The number of anilines is 1. The highest BCUT2D eigenvalue weighted by Crippen LogP contribution is 2.21. The van der Waals surface area contributed by atoms with Crippen molar-refractivity contribution in [1.29, 1.82) is 0 Å². The lowest BCUT2D eigenvalue weighted by Gasteiger charge is -2.26. The summed E-state index contributed by atoms with van der Waals surface area (Å²) in [6.45, 7) is 5.92. The lowest BCUT2D eigenvalue weighted by Crippen LogP contribution is -2.45. The molecule has 1 aliphatic rings. The molecule has 2 N–H and O–H groups in total. The van der Waals surface area contributed by atoms with Crippen LogP contribution in [0.2, 0.25) is 5.15 Å². The molecule has 1 aromatic heterocycles. The van der Waals surface area contributed by atoms with Crippen LogP contribution in [0.15, 0.2) is 12.3 Å². The largest absolute Gasteiger partial charge is 0.314 e. The van der Waals surface area contributed by atoms with E-state index in [1.54, 1.807) is 12.3 Å². The Labute approximate surface area is 124 Å². The lowest BCUT2D eigenvalue weighted by molar-refractivity contribution is 0.254. The Bertz CT molecular complexity index is 559. The van der Waals surface area contributed by atoms with Crippen molar-refractivity contribution in [2.75, 3.05) is 43.2 Å². The summed E-state index contributed by atoms with van der Waals surface area (Å²) < 4.78 is 26.6. The van der Waals surface area contributed by atoms with Gasteiger partial charge in [-0.1, -0.05) is 11.6 Å². The number of nitrogens with zero attached hydrogens (tertiary/aromatic N) is 2. The van der Waals surface area contributed by atoms with Gasteiger partial charge < -0.3 is 5.32 Å². The first-order valence-electron chi connectivity index (χ1n) is 6.52. The van der Waals surface area contributed by atoms with Gasteiger partial charge in [-0.25, -0.2) is 13.4 Å². The van der Waals surface area contributed by atoms with E-state index in [4.69, 9.17) is 11.6 Å². The first-order chi connectivity index (χ1) is 9.46. The van der Waals surface area contributed by atoms with Crippen LogP contribution in [-0.2, 0) is 10.0 Å². The van der Waals surface area contributed by atoms with E-state index >= 15 is 0 Å². The van der Waals surface area contributed by atoms with Crippen LogP contribution in [0, 0.1) is 6.92 Å². The topological polar surface area (TPSA) is 74.3 Å². The Kier molecular flexibility index (Phi) is 5.20. The van der Waals surface area contributed by atoms with Gasteiger partial charge in [0, 0.05) is 38.9 Å². The molecule has 0 aliphatic carbocycles. The smallest absolute Gasteiger partial charge is 0.234 e. The second-order valence-corrected chi connectivity index (χ2v) is 7.06. The van der Waals surface area contributed by atoms with Crippen molar-refractivity contribution < 1.29 is 8.42 Å². The molecule has 0 spiro atoms. The van der Waals surface area contributed by atoms with Gasteiger partial charge >= 0.3 is 0 Å². The van der Waals surface area contributed by atoms with Crippen LogP contribution in [0.3, 0.4) is 0 Å². The summed E-state index contributed by atoms with van der Waals surface area (Å²) in [6, 6.07) is 1.68. The summed E-state index contributed by atoms with van der Waals surface area (Å²) >= 11 is 5.89. The van der Waals surface area contributed by atoms with Crippen molar-refractivity contribution >= 4 is 27.3 Å². The number of hydrogen-bond donors (Lipinski definition) is 2. The Morgan fingerprint density at radius 1 is 1.45 bits per heavy atom. The minimum atomic E-state index is -3.41. The molecule has 1 aromatic rings. The average molecular weight is 319 g/mol. The molecule has 20 heavy (non-hydrogen) atoms. The number of aromatic nitrogens is 1. The van der Waals surface area contributed by atoms with Gasteiger partial charge in [-0.05, 0) is 18.6 Å². The Balaban J connectivity index is 1.94. The molecule has 8 heteroatoms. The Morgan fingerprint density at radius 2 is 2.15 bits per heavy atom. The van der Waals surface area contributed by atoms with Gasteiger partial charge in [0.2, 0.25) is 10.0 Å². The zero-order valence-corrected chi connectivity index (χ0v) is 13.0. The van der Waals surface area contributed by atoms with Crippen LogP contribution in [0.25, 0.3) is 0 Å². The SMILES string of the molecule is Cc1cnc(Cl)c(NS(=O)(=O)CCN2CCNCC2)c1. The van der Waals surface area contributed by atoms with Crippen LogP contribution in [-0.4, -0.2) is 56.8 Å². The molecule has 0 saturated carbocycles. The molecule has 6 nitrogen and oxygen atoms in total. The normalized spacial score (nSPS) is 17.1. The number of sulfonamides is 1. The van der Waals surface area contributed by atoms with E-state index in [9.17, 15) is 8.42 Å². The standard InChI is InChI=1S/C12H19ClN4O2S/c1-10-8-11(12(13)15-9-10)16-20(18,19)7-6-17-4-2-14-3-5-17/h8-9,14,16H,2-7H2,1H3. The fourth-order valence-corrected chi connectivity index (χ4v) is 3.32. The maximum absolute atomic E-state index is 12.1. The van der Waals surface area contributed by atoms with Gasteiger partial charge in [0.15, 0.2) is 5.15 Å². The Morgan fingerprint density at radius 3 is 2.85 bits per heavy atom. The number of hydrogen-bond acceptors (Lipinski definition) is 5. The summed E-state index contributed by atoms with van der Waals surface area (Å²) in [5, 5.41) is 3.40. The minimum absolute atomic E-state index is 0.0528. The van der Waals surface area contributed by atoms with Gasteiger partial charge in [0.05, 0.1) is 11.4 Å². The third kappa shape index (κ3) is 4.59. The van der Waals surface area contributed by atoms with Gasteiger partial charge in [0.1, 0.15) is 0 Å². The van der Waals surface area contributed by atoms with E-state index in [1.807, 2.05) is 6.92 Å². The molecule has 1 aliphatic heterocycles. The quantitative estimate of drug-likeness (QED) is 0.781. The molecule has 0 bridgehead atoms. The molecule has 0 radical (unpaired) electrons. The van der Waals surface area contributed by atoms with Gasteiger partial charge in [-0.2, -0.15) is 0 Å². The average Bonchev–Trinajstić information content (AvgIpc) is 2.42. The number of nitrogens with one attached hydrogen (secondary N) is 2.